The fraction of sp³-hybridized carbons (Fsp3) is 0.467. The second-order valence-electron chi connectivity index (χ2n) is 6.03. The molecule has 8 nitrogen and oxygen atoms in total. The molecule has 2 amide bonds. The molecule has 0 radical (unpaired) electrons. The number of cyclic esters (lactones) is 1. The van der Waals surface area contributed by atoms with Crippen LogP contribution in [0.2, 0.25) is 0 Å². The van der Waals surface area contributed by atoms with Crippen molar-refractivity contribution in [3.8, 4) is 0 Å². The van der Waals surface area contributed by atoms with Crippen LogP contribution >= 0.6 is 0 Å². The maximum atomic E-state index is 14.4. The first-order chi connectivity index (χ1) is 11.7. The van der Waals surface area contributed by atoms with E-state index in [0.717, 1.165) is 0 Å². The first-order valence-corrected chi connectivity index (χ1v) is 9.55. The van der Waals surface area contributed by atoms with E-state index in [9.17, 15) is 22.4 Å². The van der Waals surface area contributed by atoms with Crippen LogP contribution in [0.5, 0.6) is 0 Å². The number of benzene rings is 1. The molecule has 1 atom stereocenters. The van der Waals surface area contributed by atoms with Gasteiger partial charge in [-0.25, -0.2) is 17.6 Å². The van der Waals surface area contributed by atoms with E-state index in [-0.39, 0.29) is 42.9 Å². The topological polar surface area (TPSA) is 96.0 Å². The lowest BCUT2D eigenvalue weighted by Crippen LogP contribution is -2.33. The van der Waals surface area contributed by atoms with Crippen molar-refractivity contribution >= 4 is 33.2 Å². The number of nitrogens with zero attached hydrogens (tertiary/aromatic N) is 2. The number of ether oxygens (including phenoxy) is 1. The summed E-state index contributed by atoms with van der Waals surface area (Å²) in [5.74, 6) is -1.05. The molecule has 3 rings (SSSR count). The number of rotatable bonds is 4. The highest BCUT2D eigenvalue weighted by Gasteiger charge is 2.33. The van der Waals surface area contributed by atoms with Gasteiger partial charge in [0.15, 0.2) is 9.84 Å². The molecule has 0 aromatic heterocycles. The van der Waals surface area contributed by atoms with Crippen LogP contribution < -0.4 is 15.1 Å². The largest absolute Gasteiger partial charge is 0.442 e. The van der Waals surface area contributed by atoms with E-state index in [4.69, 9.17) is 4.74 Å². The second kappa shape index (κ2) is 6.51. The minimum Gasteiger partial charge on any atom is -0.442 e. The van der Waals surface area contributed by atoms with Crippen molar-refractivity contribution in [3.05, 3.63) is 24.0 Å². The molecule has 10 heteroatoms. The van der Waals surface area contributed by atoms with E-state index in [1.807, 2.05) is 0 Å². The van der Waals surface area contributed by atoms with Gasteiger partial charge in [-0.2, -0.15) is 0 Å². The molecular formula is C15H18FN3O5S. The summed E-state index contributed by atoms with van der Waals surface area (Å²) in [4.78, 5) is 25.6. The van der Waals surface area contributed by atoms with E-state index in [1.165, 1.54) is 28.9 Å². The Bertz CT molecular complexity index is 813. The predicted octanol–water partition coefficient (Wildman–Crippen LogP) is 0.479. The first-order valence-electron chi connectivity index (χ1n) is 7.73. The molecule has 2 fully saturated rings. The van der Waals surface area contributed by atoms with E-state index in [1.54, 1.807) is 6.07 Å². The molecular weight excluding hydrogens is 353 g/mol. The van der Waals surface area contributed by atoms with Gasteiger partial charge in [0.2, 0.25) is 5.91 Å². The molecule has 2 saturated heterocycles. The average Bonchev–Trinajstić information content (AvgIpc) is 3.07. The molecule has 1 aromatic carbocycles. The molecule has 136 valence electrons. The van der Waals surface area contributed by atoms with Crippen molar-refractivity contribution in [1.82, 2.24) is 5.32 Å². The highest BCUT2D eigenvalue weighted by molar-refractivity contribution is 7.91. The summed E-state index contributed by atoms with van der Waals surface area (Å²) in [6, 6.07) is 4.19. The zero-order chi connectivity index (χ0) is 18.2. The second-order valence-corrected chi connectivity index (χ2v) is 8.18. The average molecular weight is 371 g/mol. The summed E-state index contributed by atoms with van der Waals surface area (Å²) in [6.45, 7) is 1.98. The molecule has 1 aromatic rings. The van der Waals surface area contributed by atoms with Crippen LogP contribution in [0.3, 0.4) is 0 Å². The van der Waals surface area contributed by atoms with Crippen LogP contribution in [0.1, 0.15) is 6.92 Å². The first kappa shape index (κ1) is 17.5. The quantitative estimate of drug-likeness (QED) is 0.827. The van der Waals surface area contributed by atoms with Crippen molar-refractivity contribution in [2.24, 2.45) is 0 Å². The van der Waals surface area contributed by atoms with Gasteiger partial charge in [0.25, 0.3) is 0 Å². The Balaban J connectivity index is 1.72. The smallest absolute Gasteiger partial charge is 0.414 e. The molecule has 0 spiro atoms. The highest BCUT2D eigenvalue weighted by Crippen LogP contribution is 2.29. The van der Waals surface area contributed by atoms with Crippen molar-refractivity contribution in [2.75, 3.05) is 41.1 Å². The van der Waals surface area contributed by atoms with Crippen molar-refractivity contribution in [3.63, 3.8) is 0 Å². The van der Waals surface area contributed by atoms with Crippen LogP contribution in [0, 0.1) is 5.82 Å². The van der Waals surface area contributed by atoms with Crippen LogP contribution in [0.25, 0.3) is 0 Å². The third-order valence-corrected chi connectivity index (χ3v) is 5.57. The van der Waals surface area contributed by atoms with Gasteiger partial charge in [-0.05, 0) is 18.2 Å². The zero-order valence-electron chi connectivity index (χ0n) is 13.6. The number of amides is 2. The molecule has 2 heterocycles. The number of nitrogens with one attached hydrogen (secondary N) is 1. The van der Waals surface area contributed by atoms with Crippen LogP contribution in [-0.4, -0.2) is 57.8 Å². The molecule has 25 heavy (non-hydrogen) atoms. The Morgan fingerprint density at radius 3 is 2.80 bits per heavy atom. The summed E-state index contributed by atoms with van der Waals surface area (Å²) in [7, 11) is -3.18. The Morgan fingerprint density at radius 2 is 2.20 bits per heavy atom. The summed E-state index contributed by atoms with van der Waals surface area (Å²) in [5, 5.41) is 2.56. The minimum absolute atomic E-state index is 0.00251. The zero-order valence-corrected chi connectivity index (χ0v) is 14.4. The Morgan fingerprint density at radius 1 is 1.44 bits per heavy atom. The van der Waals surface area contributed by atoms with Crippen LogP contribution in [0.4, 0.5) is 20.6 Å². The SMILES string of the molecule is CC(=O)NC[C@H]1CN(c2ccc(N3CCS(=O)(=O)C3)c(F)c2)C(=O)O1. The number of hydrogen-bond acceptors (Lipinski definition) is 6. The standard InChI is InChI=1S/C15H18FN3O5S/c1-10(20)17-7-12-8-19(15(21)24-12)11-2-3-14(13(16)6-11)18-4-5-25(22,23)9-18/h2-3,6,12H,4-5,7-9H2,1H3,(H,17,20)/t12-/m0/s1. The van der Waals surface area contributed by atoms with Gasteiger partial charge < -0.3 is 15.0 Å². The summed E-state index contributed by atoms with van der Waals surface area (Å²) in [5.41, 5.74) is 0.505. The maximum absolute atomic E-state index is 14.4. The van der Waals surface area contributed by atoms with Gasteiger partial charge in [-0.15, -0.1) is 0 Å². The molecule has 2 aliphatic rings. The molecule has 0 unspecified atom stereocenters. The lowest BCUT2D eigenvalue weighted by molar-refractivity contribution is -0.119. The van der Waals surface area contributed by atoms with Gasteiger partial charge in [0.1, 0.15) is 17.8 Å². The van der Waals surface area contributed by atoms with Crippen LogP contribution in [0.15, 0.2) is 18.2 Å². The number of anilines is 2. The fourth-order valence-corrected chi connectivity index (χ4v) is 4.19. The molecule has 2 aliphatic heterocycles. The van der Waals surface area contributed by atoms with Gasteiger partial charge in [0.05, 0.1) is 30.2 Å². The third kappa shape index (κ3) is 3.84. The van der Waals surface area contributed by atoms with Gasteiger partial charge in [-0.3, -0.25) is 9.69 Å². The molecule has 0 aliphatic carbocycles. The third-order valence-electron chi connectivity index (χ3n) is 4.06. The van der Waals surface area contributed by atoms with E-state index < -0.39 is 27.9 Å². The molecule has 0 saturated carbocycles. The maximum Gasteiger partial charge on any atom is 0.414 e. The van der Waals surface area contributed by atoms with Crippen LogP contribution in [-0.2, 0) is 19.4 Å². The Hall–Kier alpha value is -2.36. The van der Waals surface area contributed by atoms with E-state index in [2.05, 4.69) is 5.32 Å². The minimum atomic E-state index is -3.18. The summed E-state index contributed by atoms with van der Waals surface area (Å²) >= 11 is 0. The monoisotopic (exact) mass is 371 g/mol. The Kier molecular flexibility index (Phi) is 4.55. The van der Waals surface area contributed by atoms with Crippen molar-refractivity contribution in [1.29, 1.82) is 0 Å². The number of hydrogen-bond donors (Lipinski definition) is 1. The lowest BCUT2D eigenvalue weighted by atomic mass is 10.2. The molecule has 1 N–H and O–H groups in total. The number of halogens is 1. The molecule has 0 bridgehead atoms. The van der Waals surface area contributed by atoms with E-state index in [0.29, 0.717) is 5.69 Å². The van der Waals surface area contributed by atoms with Gasteiger partial charge >= 0.3 is 6.09 Å². The number of carbonyl (C=O) groups is 2. The predicted molar refractivity (Wildman–Crippen MR) is 88.7 cm³/mol. The van der Waals surface area contributed by atoms with Crippen molar-refractivity contribution < 1.29 is 27.1 Å². The van der Waals surface area contributed by atoms with Crippen molar-refractivity contribution in [2.45, 2.75) is 13.0 Å². The summed E-state index contributed by atoms with van der Waals surface area (Å²) in [6.07, 6.45) is -1.13. The lowest BCUT2D eigenvalue weighted by Gasteiger charge is -2.19. The summed E-state index contributed by atoms with van der Waals surface area (Å²) < 4.78 is 42.6. The van der Waals surface area contributed by atoms with Gasteiger partial charge in [-0.1, -0.05) is 0 Å². The highest BCUT2D eigenvalue weighted by atomic mass is 32.2. The fourth-order valence-electron chi connectivity index (χ4n) is 2.82. The number of sulfone groups is 1. The van der Waals surface area contributed by atoms with E-state index >= 15 is 0 Å². The van der Waals surface area contributed by atoms with Gasteiger partial charge in [0, 0.05) is 13.5 Å². The Labute approximate surface area is 144 Å². The normalized spacial score (nSPS) is 22.2. The number of carbonyl (C=O) groups excluding carboxylic acids is 2.